The molecule has 0 saturated heterocycles. The van der Waals surface area contributed by atoms with Gasteiger partial charge >= 0.3 is 5.97 Å². The highest BCUT2D eigenvalue weighted by molar-refractivity contribution is 5.92. The van der Waals surface area contributed by atoms with Crippen molar-refractivity contribution < 1.29 is 14.6 Å². The molecule has 0 aliphatic rings. The average molecular weight is 347 g/mol. The Morgan fingerprint density at radius 3 is 2.69 bits per heavy atom. The summed E-state index contributed by atoms with van der Waals surface area (Å²) in [5.41, 5.74) is 4.60. The maximum absolute atomic E-state index is 11.3. The molecule has 0 aliphatic carbocycles. The number of benzene rings is 2. The third-order valence-electron chi connectivity index (χ3n) is 4.31. The van der Waals surface area contributed by atoms with Crippen molar-refractivity contribution in [3.8, 4) is 23.0 Å². The zero-order chi connectivity index (χ0) is 18.3. The molecule has 0 saturated carbocycles. The minimum atomic E-state index is -0.982. The van der Waals surface area contributed by atoms with Crippen molar-refractivity contribution in [2.24, 2.45) is 7.05 Å². The smallest absolute Gasteiger partial charge is 0.336 e. The highest BCUT2D eigenvalue weighted by Gasteiger charge is 2.16. The third-order valence-corrected chi connectivity index (χ3v) is 4.31. The van der Waals surface area contributed by atoms with Crippen molar-refractivity contribution in [3.05, 3.63) is 65.9 Å². The molecular weight excluding hydrogens is 330 g/mol. The summed E-state index contributed by atoms with van der Waals surface area (Å²) in [4.78, 5) is 19.0. The monoisotopic (exact) mass is 347 g/mol. The van der Waals surface area contributed by atoms with Crippen LogP contribution in [0.3, 0.4) is 0 Å². The van der Waals surface area contributed by atoms with Crippen molar-refractivity contribution in [1.82, 2.24) is 14.5 Å². The summed E-state index contributed by atoms with van der Waals surface area (Å²) in [5.74, 6) is -0.556. The lowest BCUT2D eigenvalue weighted by atomic mass is 10.1. The van der Waals surface area contributed by atoms with Crippen LogP contribution in [0.2, 0.25) is 0 Å². The Bertz CT molecular complexity index is 1110. The largest absolute Gasteiger partial charge is 0.478 e. The molecule has 0 fully saturated rings. The zero-order valence-corrected chi connectivity index (χ0v) is 14.4. The number of nitrogens with zero attached hydrogens (tertiary/aromatic N) is 2. The molecule has 26 heavy (non-hydrogen) atoms. The van der Waals surface area contributed by atoms with E-state index < -0.39 is 5.97 Å². The number of carbonyl (C=O) groups is 1. The number of fused-ring (bicyclic) bond motifs is 1. The molecule has 2 aromatic carbocycles. The van der Waals surface area contributed by atoms with Crippen LogP contribution < -0.4 is 4.74 Å². The van der Waals surface area contributed by atoms with Gasteiger partial charge in [0.1, 0.15) is 11.3 Å². The average Bonchev–Trinajstić information content (AvgIpc) is 3.12. The number of carboxylic acids is 1. The number of ether oxygens (including phenoxy) is 1. The van der Waals surface area contributed by atoms with Gasteiger partial charge in [0.05, 0.1) is 16.8 Å². The van der Waals surface area contributed by atoms with Crippen LogP contribution in [0.15, 0.2) is 54.7 Å². The Balaban J connectivity index is 1.72. The maximum Gasteiger partial charge on any atom is 0.336 e. The molecule has 0 aliphatic heterocycles. The first-order chi connectivity index (χ1) is 12.5. The fraction of sp³-hybridized carbons (Fsp3) is 0.100. The molecule has 0 radical (unpaired) electrons. The third kappa shape index (κ3) is 2.71. The Hall–Kier alpha value is -3.54. The van der Waals surface area contributed by atoms with Gasteiger partial charge in [0.15, 0.2) is 0 Å². The van der Waals surface area contributed by atoms with Crippen LogP contribution in [0.5, 0.6) is 11.8 Å². The molecule has 0 spiro atoms. The second-order valence-corrected chi connectivity index (χ2v) is 6.14. The van der Waals surface area contributed by atoms with Crippen LogP contribution in [0.1, 0.15) is 15.9 Å². The summed E-state index contributed by atoms with van der Waals surface area (Å²) in [6, 6.07) is 15.3. The number of H-pyrrole nitrogens is 1. The van der Waals surface area contributed by atoms with E-state index in [1.165, 1.54) is 6.07 Å². The van der Waals surface area contributed by atoms with E-state index >= 15 is 0 Å². The number of imidazole rings is 1. The van der Waals surface area contributed by atoms with Gasteiger partial charge in [-0.3, -0.25) is 0 Å². The van der Waals surface area contributed by atoms with Gasteiger partial charge in [0, 0.05) is 18.8 Å². The molecule has 2 N–H and O–H groups in total. The van der Waals surface area contributed by atoms with Gasteiger partial charge in [-0.05, 0) is 24.6 Å². The molecule has 6 nitrogen and oxygen atoms in total. The van der Waals surface area contributed by atoms with Crippen LogP contribution in [0.25, 0.3) is 22.3 Å². The second-order valence-electron chi connectivity index (χ2n) is 6.14. The van der Waals surface area contributed by atoms with E-state index in [0.717, 1.165) is 22.3 Å². The quantitative estimate of drug-likeness (QED) is 0.574. The molecule has 0 atom stereocenters. The van der Waals surface area contributed by atoms with Gasteiger partial charge < -0.3 is 19.4 Å². The van der Waals surface area contributed by atoms with Crippen molar-refractivity contribution in [2.45, 2.75) is 6.92 Å². The van der Waals surface area contributed by atoms with Gasteiger partial charge in [0.2, 0.25) is 0 Å². The van der Waals surface area contributed by atoms with Crippen LogP contribution in [-0.4, -0.2) is 25.6 Å². The number of aromatic nitrogens is 3. The van der Waals surface area contributed by atoms with E-state index in [1.807, 2.05) is 48.1 Å². The molecule has 2 aromatic heterocycles. The number of nitrogens with one attached hydrogen (secondary N) is 1. The van der Waals surface area contributed by atoms with E-state index in [1.54, 1.807) is 19.1 Å². The Labute approximate surface area is 149 Å². The highest BCUT2D eigenvalue weighted by Crippen LogP contribution is 2.31. The Morgan fingerprint density at radius 2 is 1.96 bits per heavy atom. The number of carboxylic acid groups (broad SMARTS) is 1. The van der Waals surface area contributed by atoms with Crippen molar-refractivity contribution in [3.63, 3.8) is 0 Å². The first kappa shape index (κ1) is 16.0. The summed E-state index contributed by atoms with van der Waals surface area (Å²) in [5, 5.41) is 9.25. The molecule has 4 aromatic rings. The predicted octanol–water partition coefficient (Wildman–Crippen LogP) is 4.37. The molecule has 0 bridgehead atoms. The SMILES string of the molecule is Cc1ccc(Oc2nc3c(-c4ccccc4)n(C)cc3[nH]2)cc1C(=O)O. The van der Waals surface area contributed by atoms with E-state index in [2.05, 4.69) is 9.97 Å². The van der Waals surface area contributed by atoms with Crippen molar-refractivity contribution in [1.29, 1.82) is 0 Å². The van der Waals surface area contributed by atoms with Crippen molar-refractivity contribution >= 4 is 17.0 Å². The van der Waals surface area contributed by atoms with Crippen LogP contribution >= 0.6 is 0 Å². The summed E-state index contributed by atoms with van der Waals surface area (Å²) in [6.07, 6.45) is 1.95. The number of aryl methyl sites for hydroxylation is 2. The van der Waals surface area contributed by atoms with Gasteiger partial charge in [-0.2, -0.15) is 4.98 Å². The number of rotatable bonds is 4. The number of hydrogen-bond acceptors (Lipinski definition) is 3. The molecule has 130 valence electrons. The zero-order valence-electron chi connectivity index (χ0n) is 14.4. The number of hydrogen-bond donors (Lipinski definition) is 2. The lowest BCUT2D eigenvalue weighted by Gasteiger charge is -2.06. The second kappa shape index (κ2) is 6.07. The van der Waals surface area contributed by atoms with Crippen molar-refractivity contribution in [2.75, 3.05) is 0 Å². The topological polar surface area (TPSA) is 80.1 Å². The molecule has 0 amide bonds. The first-order valence-corrected chi connectivity index (χ1v) is 8.15. The molecule has 4 rings (SSSR count). The summed E-state index contributed by atoms with van der Waals surface area (Å²) < 4.78 is 7.77. The van der Waals surface area contributed by atoms with Gasteiger partial charge in [-0.25, -0.2) is 4.79 Å². The molecule has 0 unspecified atom stereocenters. The van der Waals surface area contributed by atoms with Gasteiger partial charge in [-0.15, -0.1) is 0 Å². The predicted molar refractivity (Wildman–Crippen MR) is 98.7 cm³/mol. The standard InChI is InChI=1S/C20H17N3O3/c1-12-8-9-14(10-15(12)19(24)25)26-20-21-16-11-23(2)18(17(16)22-20)13-6-4-3-5-7-13/h3-11H,1-2H3,(H,21,22)(H,24,25). The molecule has 2 heterocycles. The molecular formula is C20H17N3O3. The molecule has 6 heteroatoms. The summed E-state index contributed by atoms with van der Waals surface area (Å²) in [6.45, 7) is 1.75. The van der Waals surface area contributed by atoms with Crippen LogP contribution in [0.4, 0.5) is 0 Å². The normalized spacial score (nSPS) is 11.0. The highest BCUT2D eigenvalue weighted by atomic mass is 16.5. The first-order valence-electron chi connectivity index (χ1n) is 8.15. The van der Waals surface area contributed by atoms with Gasteiger partial charge in [-0.1, -0.05) is 36.4 Å². The maximum atomic E-state index is 11.3. The number of aromatic amines is 1. The van der Waals surface area contributed by atoms with E-state index in [0.29, 0.717) is 17.3 Å². The summed E-state index contributed by atoms with van der Waals surface area (Å²) in [7, 11) is 1.97. The minimum absolute atomic E-state index is 0.212. The number of aromatic carboxylic acids is 1. The van der Waals surface area contributed by atoms with Gasteiger partial charge in [0.25, 0.3) is 6.01 Å². The van der Waals surface area contributed by atoms with E-state index in [-0.39, 0.29) is 5.56 Å². The Morgan fingerprint density at radius 1 is 1.19 bits per heavy atom. The minimum Gasteiger partial charge on any atom is -0.478 e. The lowest BCUT2D eigenvalue weighted by Crippen LogP contribution is -2.00. The van der Waals surface area contributed by atoms with E-state index in [4.69, 9.17) is 4.74 Å². The Kier molecular flexibility index (Phi) is 3.73. The fourth-order valence-electron chi connectivity index (χ4n) is 3.05. The fourth-order valence-corrected chi connectivity index (χ4v) is 3.05. The van der Waals surface area contributed by atoms with E-state index in [9.17, 15) is 9.90 Å². The summed E-state index contributed by atoms with van der Waals surface area (Å²) >= 11 is 0. The lowest BCUT2D eigenvalue weighted by molar-refractivity contribution is 0.0695. The van der Waals surface area contributed by atoms with Crippen LogP contribution in [-0.2, 0) is 7.05 Å². The van der Waals surface area contributed by atoms with Crippen LogP contribution in [0, 0.1) is 6.92 Å².